The van der Waals surface area contributed by atoms with E-state index in [9.17, 15) is 4.79 Å². The van der Waals surface area contributed by atoms with Crippen LogP contribution in [0.15, 0.2) is 27.5 Å². The molecule has 6 nitrogen and oxygen atoms in total. The van der Waals surface area contributed by atoms with E-state index in [2.05, 4.69) is 10.1 Å². The van der Waals surface area contributed by atoms with Crippen LogP contribution in [0.1, 0.15) is 43.6 Å². The van der Waals surface area contributed by atoms with Crippen LogP contribution in [0.4, 0.5) is 0 Å². The molecule has 6 heteroatoms. The highest BCUT2D eigenvalue weighted by Gasteiger charge is 2.21. The smallest absolute Gasteiger partial charge is 0.276 e. The average Bonchev–Trinajstić information content (AvgIpc) is 3.12. The van der Waals surface area contributed by atoms with Gasteiger partial charge in [-0.1, -0.05) is 20.8 Å². The fraction of sp³-hybridized carbons (Fsp3) is 0.312. The molecule has 3 aromatic rings. The summed E-state index contributed by atoms with van der Waals surface area (Å²) in [5, 5.41) is 11.9. The second-order valence-electron chi connectivity index (χ2n) is 5.41. The molecule has 1 N–H and O–H groups in total. The van der Waals surface area contributed by atoms with E-state index in [0.29, 0.717) is 28.2 Å². The summed E-state index contributed by atoms with van der Waals surface area (Å²) < 4.78 is 7.07. The van der Waals surface area contributed by atoms with Gasteiger partial charge >= 0.3 is 0 Å². The highest BCUT2D eigenvalue weighted by Crippen LogP contribution is 2.27. The second-order valence-corrected chi connectivity index (χ2v) is 5.41. The van der Waals surface area contributed by atoms with Crippen LogP contribution in [0, 0.1) is 11.3 Å². The van der Waals surface area contributed by atoms with Gasteiger partial charge in [-0.05, 0) is 18.1 Å². The van der Waals surface area contributed by atoms with Gasteiger partial charge in [0, 0.05) is 12.6 Å². The lowest BCUT2D eigenvalue weighted by Gasteiger charge is -2.10. The Bertz CT molecular complexity index is 937. The Kier molecular flexibility index (Phi) is 3.33. The molecule has 3 aromatic heterocycles. The van der Waals surface area contributed by atoms with E-state index in [1.54, 1.807) is 0 Å². The molecule has 112 valence electrons. The number of hydrogen-bond acceptors (Lipinski definition) is 4. The van der Waals surface area contributed by atoms with Gasteiger partial charge in [-0.25, -0.2) is 9.50 Å². The Labute approximate surface area is 127 Å². The normalized spacial score (nSPS) is 11.2. The third-order valence-corrected chi connectivity index (χ3v) is 3.64. The van der Waals surface area contributed by atoms with Crippen LogP contribution in [0.2, 0.25) is 0 Å². The van der Waals surface area contributed by atoms with Crippen molar-refractivity contribution in [1.82, 2.24) is 14.6 Å². The first kappa shape index (κ1) is 14.1. The molecule has 0 aliphatic rings. The van der Waals surface area contributed by atoms with Crippen LogP contribution < -0.4 is 5.56 Å². The number of nitrogens with one attached hydrogen (secondary N) is 1. The number of nitriles is 1. The number of rotatable bonds is 3. The SMILES string of the molecule is CCc1ccc(-c2nc3c(C#N)c[nH]n3c(=O)c2C(C)C)o1. The first-order chi connectivity index (χ1) is 10.6. The Morgan fingerprint density at radius 3 is 2.82 bits per heavy atom. The van der Waals surface area contributed by atoms with Crippen LogP contribution in [-0.4, -0.2) is 14.6 Å². The molecule has 0 aliphatic heterocycles. The lowest BCUT2D eigenvalue weighted by atomic mass is 10.0. The van der Waals surface area contributed by atoms with Crippen LogP contribution >= 0.6 is 0 Å². The van der Waals surface area contributed by atoms with Gasteiger partial charge in [-0.2, -0.15) is 5.26 Å². The van der Waals surface area contributed by atoms with E-state index in [4.69, 9.17) is 9.68 Å². The van der Waals surface area contributed by atoms with Gasteiger partial charge in [0.1, 0.15) is 23.1 Å². The van der Waals surface area contributed by atoms with Gasteiger partial charge in [-0.3, -0.25) is 9.89 Å². The van der Waals surface area contributed by atoms with E-state index in [-0.39, 0.29) is 11.5 Å². The lowest BCUT2D eigenvalue weighted by Crippen LogP contribution is -2.22. The number of aryl methyl sites for hydroxylation is 1. The van der Waals surface area contributed by atoms with Crippen LogP contribution in [0.25, 0.3) is 17.1 Å². The monoisotopic (exact) mass is 296 g/mol. The number of hydrogen-bond donors (Lipinski definition) is 1. The fourth-order valence-corrected chi connectivity index (χ4v) is 2.51. The zero-order valence-electron chi connectivity index (χ0n) is 12.7. The summed E-state index contributed by atoms with van der Waals surface area (Å²) in [6, 6.07) is 5.74. The van der Waals surface area contributed by atoms with E-state index in [0.717, 1.165) is 12.2 Å². The van der Waals surface area contributed by atoms with Gasteiger partial charge in [0.15, 0.2) is 11.4 Å². The molecule has 0 radical (unpaired) electrons. The van der Waals surface area contributed by atoms with Crippen LogP contribution in [-0.2, 0) is 6.42 Å². The zero-order chi connectivity index (χ0) is 15.9. The highest BCUT2D eigenvalue weighted by molar-refractivity contribution is 5.64. The molecule has 0 fully saturated rings. The molecule has 0 aromatic carbocycles. The van der Waals surface area contributed by atoms with Gasteiger partial charge in [0.05, 0.1) is 5.56 Å². The van der Waals surface area contributed by atoms with E-state index >= 15 is 0 Å². The molecule has 0 bridgehead atoms. The predicted octanol–water partition coefficient (Wildman–Crippen LogP) is 2.84. The van der Waals surface area contributed by atoms with E-state index < -0.39 is 0 Å². The number of H-pyrrole nitrogens is 1. The van der Waals surface area contributed by atoms with Crippen molar-refractivity contribution < 1.29 is 4.42 Å². The Morgan fingerprint density at radius 2 is 2.23 bits per heavy atom. The highest BCUT2D eigenvalue weighted by atomic mass is 16.3. The van der Waals surface area contributed by atoms with Crippen molar-refractivity contribution in [2.75, 3.05) is 0 Å². The Hall–Kier alpha value is -2.81. The molecule has 0 atom stereocenters. The molecule has 3 rings (SSSR count). The number of nitrogens with zero attached hydrogens (tertiary/aromatic N) is 3. The maximum absolute atomic E-state index is 12.7. The Morgan fingerprint density at radius 1 is 1.45 bits per heavy atom. The largest absolute Gasteiger partial charge is 0.459 e. The minimum absolute atomic E-state index is 0.0177. The zero-order valence-corrected chi connectivity index (χ0v) is 12.7. The summed E-state index contributed by atoms with van der Waals surface area (Å²) in [7, 11) is 0. The first-order valence-electron chi connectivity index (χ1n) is 7.20. The summed E-state index contributed by atoms with van der Waals surface area (Å²) in [5.41, 5.74) is 1.53. The summed E-state index contributed by atoms with van der Waals surface area (Å²) in [5.74, 6) is 1.38. The van der Waals surface area contributed by atoms with Crippen molar-refractivity contribution in [3.63, 3.8) is 0 Å². The maximum Gasteiger partial charge on any atom is 0.276 e. The molecule has 0 saturated heterocycles. The van der Waals surface area contributed by atoms with Crippen molar-refractivity contribution in [2.24, 2.45) is 0 Å². The van der Waals surface area contributed by atoms with Crippen molar-refractivity contribution in [3.05, 3.63) is 45.6 Å². The molecule has 0 amide bonds. The van der Waals surface area contributed by atoms with Crippen LogP contribution in [0.5, 0.6) is 0 Å². The number of aromatic nitrogens is 3. The molecule has 0 unspecified atom stereocenters. The van der Waals surface area contributed by atoms with E-state index in [1.807, 2.05) is 39.0 Å². The number of aromatic amines is 1. The predicted molar refractivity (Wildman–Crippen MR) is 81.7 cm³/mol. The van der Waals surface area contributed by atoms with Gasteiger partial charge in [-0.15, -0.1) is 0 Å². The molecule has 0 aliphatic carbocycles. The quantitative estimate of drug-likeness (QED) is 0.805. The molecule has 3 heterocycles. The van der Waals surface area contributed by atoms with Crippen molar-refractivity contribution in [1.29, 1.82) is 5.26 Å². The summed E-state index contributed by atoms with van der Waals surface area (Å²) in [4.78, 5) is 17.2. The number of furan rings is 1. The maximum atomic E-state index is 12.7. The van der Waals surface area contributed by atoms with Gasteiger partial charge < -0.3 is 4.42 Å². The average molecular weight is 296 g/mol. The van der Waals surface area contributed by atoms with Crippen molar-refractivity contribution in [3.8, 4) is 17.5 Å². The third-order valence-electron chi connectivity index (χ3n) is 3.64. The molecular weight excluding hydrogens is 280 g/mol. The van der Waals surface area contributed by atoms with Crippen molar-refractivity contribution >= 4 is 5.65 Å². The fourth-order valence-electron chi connectivity index (χ4n) is 2.51. The number of fused-ring (bicyclic) bond motifs is 1. The second kappa shape index (κ2) is 5.19. The topological polar surface area (TPSA) is 87.1 Å². The lowest BCUT2D eigenvalue weighted by molar-refractivity contribution is 0.526. The first-order valence-corrected chi connectivity index (χ1v) is 7.20. The summed E-state index contributed by atoms with van der Waals surface area (Å²) in [6.45, 7) is 5.87. The molecule has 0 spiro atoms. The third kappa shape index (κ3) is 2.02. The van der Waals surface area contributed by atoms with E-state index in [1.165, 1.54) is 10.7 Å². The minimum atomic E-state index is -0.203. The summed E-state index contributed by atoms with van der Waals surface area (Å²) >= 11 is 0. The standard InChI is InChI=1S/C16H16N4O2/c1-4-11-5-6-12(22-11)14-13(9(2)3)16(21)20-15(19-14)10(7-17)8-18-20/h5-6,8-9,18H,4H2,1-3H3. The Balaban J connectivity index is 2.38. The minimum Gasteiger partial charge on any atom is -0.459 e. The van der Waals surface area contributed by atoms with Crippen molar-refractivity contribution in [2.45, 2.75) is 33.1 Å². The molecule has 22 heavy (non-hydrogen) atoms. The molecule has 0 saturated carbocycles. The van der Waals surface area contributed by atoms with Gasteiger partial charge in [0.25, 0.3) is 5.56 Å². The molecular formula is C16H16N4O2. The van der Waals surface area contributed by atoms with Crippen LogP contribution in [0.3, 0.4) is 0 Å². The summed E-state index contributed by atoms with van der Waals surface area (Å²) in [6.07, 6.45) is 2.25. The van der Waals surface area contributed by atoms with Gasteiger partial charge in [0.2, 0.25) is 0 Å².